The van der Waals surface area contributed by atoms with Crippen LogP contribution in [0.4, 0.5) is 0 Å². The minimum absolute atomic E-state index is 0.263. The normalized spacial score (nSPS) is 14.3. The van der Waals surface area contributed by atoms with E-state index < -0.39 is 0 Å². The van der Waals surface area contributed by atoms with Crippen molar-refractivity contribution in [1.82, 2.24) is 14.8 Å². The molecule has 0 spiro atoms. The van der Waals surface area contributed by atoms with E-state index in [1.54, 1.807) is 0 Å². The molecule has 0 unspecified atom stereocenters. The second-order valence-corrected chi connectivity index (χ2v) is 7.55. The molecule has 1 aliphatic rings. The van der Waals surface area contributed by atoms with Gasteiger partial charge in [0.05, 0.1) is 0 Å². The summed E-state index contributed by atoms with van der Waals surface area (Å²) in [6.45, 7) is 5.64. The summed E-state index contributed by atoms with van der Waals surface area (Å²) in [6.07, 6.45) is 3.66. The van der Waals surface area contributed by atoms with Crippen LogP contribution in [0.5, 0.6) is 0 Å². The highest BCUT2D eigenvalue weighted by atomic mass is 16.1. The number of hydrogen-bond donors (Lipinski definition) is 2. The maximum Gasteiger partial charge on any atom is 0.219 e. The lowest BCUT2D eigenvalue weighted by atomic mass is 10.00. The fourth-order valence-corrected chi connectivity index (χ4v) is 4.08. The number of nitrogens with two attached hydrogens (primary N) is 1. The molecule has 0 saturated carbocycles. The van der Waals surface area contributed by atoms with Gasteiger partial charge in [-0.1, -0.05) is 42.5 Å². The van der Waals surface area contributed by atoms with Gasteiger partial charge < -0.3 is 15.6 Å². The van der Waals surface area contributed by atoms with Gasteiger partial charge in [0.15, 0.2) is 0 Å². The zero-order chi connectivity index (χ0) is 19.3. The summed E-state index contributed by atoms with van der Waals surface area (Å²) in [7, 11) is 0. The Hall–Kier alpha value is -2.63. The zero-order valence-corrected chi connectivity index (χ0v) is 16.2. The number of aryl methyl sites for hydroxylation is 1. The van der Waals surface area contributed by atoms with Crippen molar-refractivity contribution in [3.05, 3.63) is 71.4 Å². The third-order valence-corrected chi connectivity index (χ3v) is 5.60. The van der Waals surface area contributed by atoms with Gasteiger partial charge in [-0.2, -0.15) is 0 Å². The van der Waals surface area contributed by atoms with Crippen molar-refractivity contribution in [2.75, 3.05) is 19.6 Å². The number of rotatable bonds is 8. The smallest absolute Gasteiger partial charge is 0.219 e. The number of carbonyl (C=O) groups excluding carboxylic acids is 1. The Bertz CT molecular complexity index is 962. The van der Waals surface area contributed by atoms with Crippen LogP contribution in [0, 0.1) is 0 Å². The Morgan fingerprint density at radius 1 is 1.04 bits per heavy atom. The third kappa shape index (κ3) is 4.26. The average Bonchev–Trinajstić information content (AvgIpc) is 3.07. The fraction of sp³-hybridized carbons (Fsp3) is 0.348. The zero-order valence-electron chi connectivity index (χ0n) is 16.2. The number of nitrogens with one attached hydrogen (secondary N) is 1. The topological polar surface area (TPSA) is 63.3 Å². The Labute approximate surface area is 166 Å². The molecule has 1 aliphatic heterocycles. The first kappa shape index (κ1) is 18.7. The van der Waals surface area contributed by atoms with Gasteiger partial charge >= 0.3 is 0 Å². The lowest BCUT2D eigenvalue weighted by molar-refractivity contribution is -0.118. The molecule has 0 bridgehead atoms. The minimum Gasteiger partial charge on any atom is -0.370 e. The Morgan fingerprint density at radius 2 is 1.82 bits per heavy atom. The molecular weight excluding hydrogens is 348 g/mol. The molecule has 28 heavy (non-hydrogen) atoms. The Morgan fingerprint density at radius 3 is 2.68 bits per heavy atom. The molecule has 0 radical (unpaired) electrons. The summed E-state index contributed by atoms with van der Waals surface area (Å²) in [5.74, 6) is -0.263. The summed E-state index contributed by atoms with van der Waals surface area (Å²) < 4.78 is 2.14. The van der Waals surface area contributed by atoms with Crippen LogP contribution in [0.15, 0.2) is 54.7 Å². The molecule has 1 amide bonds. The third-order valence-electron chi connectivity index (χ3n) is 5.60. The second kappa shape index (κ2) is 8.59. The van der Waals surface area contributed by atoms with Crippen molar-refractivity contribution < 1.29 is 4.79 Å². The SMILES string of the molecule is NC(=O)CCn1cc(CNCCN2CCc3ccccc3C2)c2ccccc21. The summed E-state index contributed by atoms with van der Waals surface area (Å²) >= 11 is 0. The monoisotopic (exact) mass is 376 g/mol. The van der Waals surface area contributed by atoms with Gasteiger partial charge in [-0.05, 0) is 29.2 Å². The van der Waals surface area contributed by atoms with Crippen LogP contribution in [0.2, 0.25) is 0 Å². The molecular formula is C23H28N4O. The fourth-order valence-electron chi connectivity index (χ4n) is 4.08. The summed E-state index contributed by atoms with van der Waals surface area (Å²) in [6, 6.07) is 17.1. The van der Waals surface area contributed by atoms with E-state index in [2.05, 4.69) is 63.4 Å². The van der Waals surface area contributed by atoms with Crippen LogP contribution in [-0.4, -0.2) is 35.0 Å². The first-order chi connectivity index (χ1) is 13.7. The van der Waals surface area contributed by atoms with E-state index in [1.807, 2.05) is 6.07 Å². The van der Waals surface area contributed by atoms with Crippen molar-refractivity contribution in [1.29, 1.82) is 0 Å². The van der Waals surface area contributed by atoms with Crippen molar-refractivity contribution in [2.24, 2.45) is 5.73 Å². The van der Waals surface area contributed by atoms with Gasteiger partial charge in [0.25, 0.3) is 0 Å². The molecule has 1 aromatic heterocycles. The maximum atomic E-state index is 11.1. The summed E-state index contributed by atoms with van der Waals surface area (Å²) in [5, 5.41) is 4.84. The van der Waals surface area contributed by atoms with Crippen LogP contribution >= 0.6 is 0 Å². The maximum absolute atomic E-state index is 11.1. The van der Waals surface area contributed by atoms with E-state index >= 15 is 0 Å². The van der Waals surface area contributed by atoms with E-state index in [-0.39, 0.29) is 5.91 Å². The number of amides is 1. The number of benzene rings is 2. The number of para-hydroxylation sites is 1. The highest BCUT2D eigenvalue weighted by Crippen LogP contribution is 2.22. The quantitative estimate of drug-likeness (QED) is 0.594. The predicted octanol–water partition coefficient (Wildman–Crippen LogP) is 2.66. The molecule has 0 atom stereocenters. The lowest BCUT2D eigenvalue weighted by Crippen LogP contribution is -2.35. The summed E-state index contributed by atoms with van der Waals surface area (Å²) in [5.41, 5.74) is 10.7. The molecule has 5 nitrogen and oxygen atoms in total. The molecule has 5 heteroatoms. The van der Waals surface area contributed by atoms with Gasteiger partial charge in [0, 0.05) is 62.8 Å². The molecule has 3 aromatic rings. The van der Waals surface area contributed by atoms with Crippen molar-refractivity contribution in [3.63, 3.8) is 0 Å². The van der Waals surface area contributed by atoms with E-state index in [0.717, 1.165) is 44.7 Å². The predicted molar refractivity (Wildman–Crippen MR) is 113 cm³/mol. The van der Waals surface area contributed by atoms with E-state index in [0.29, 0.717) is 13.0 Å². The second-order valence-electron chi connectivity index (χ2n) is 7.55. The van der Waals surface area contributed by atoms with Gasteiger partial charge in [-0.3, -0.25) is 9.69 Å². The highest BCUT2D eigenvalue weighted by molar-refractivity contribution is 5.84. The molecule has 2 heterocycles. The van der Waals surface area contributed by atoms with Gasteiger partial charge in [0.1, 0.15) is 0 Å². The molecule has 2 aromatic carbocycles. The molecule has 4 rings (SSSR count). The van der Waals surface area contributed by atoms with Crippen molar-refractivity contribution in [3.8, 4) is 0 Å². The van der Waals surface area contributed by atoms with Gasteiger partial charge in [-0.25, -0.2) is 0 Å². The molecule has 0 saturated heterocycles. The van der Waals surface area contributed by atoms with Crippen molar-refractivity contribution in [2.45, 2.75) is 32.5 Å². The van der Waals surface area contributed by atoms with Crippen molar-refractivity contribution >= 4 is 16.8 Å². The Kier molecular flexibility index (Phi) is 5.74. The van der Waals surface area contributed by atoms with Crippen LogP contribution < -0.4 is 11.1 Å². The van der Waals surface area contributed by atoms with E-state index in [9.17, 15) is 4.79 Å². The first-order valence-electron chi connectivity index (χ1n) is 10.1. The molecule has 146 valence electrons. The number of primary amides is 1. The summed E-state index contributed by atoms with van der Waals surface area (Å²) in [4.78, 5) is 13.7. The number of hydrogen-bond acceptors (Lipinski definition) is 3. The average molecular weight is 377 g/mol. The van der Waals surface area contributed by atoms with Gasteiger partial charge in [-0.15, -0.1) is 0 Å². The largest absolute Gasteiger partial charge is 0.370 e. The highest BCUT2D eigenvalue weighted by Gasteiger charge is 2.15. The molecule has 0 fully saturated rings. The van der Waals surface area contributed by atoms with E-state index in [1.165, 1.54) is 22.1 Å². The van der Waals surface area contributed by atoms with Crippen LogP contribution in [0.1, 0.15) is 23.1 Å². The van der Waals surface area contributed by atoms with Crippen LogP contribution in [0.25, 0.3) is 10.9 Å². The Balaban J connectivity index is 1.33. The van der Waals surface area contributed by atoms with Gasteiger partial charge in [0.2, 0.25) is 5.91 Å². The molecule has 3 N–H and O–H groups in total. The number of aromatic nitrogens is 1. The first-order valence-corrected chi connectivity index (χ1v) is 10.1. The number of fused-ring (bicyclic) bond motifs is 2. The van der Waals surface area contributed by atoms with E-state index in [4.69, 9.17) is 5.73 Å². The lowest BCUT2D eigenvalue weighted by Gasteiger charge is -2.28. The van der Waals surface area contributed by atoms with Crippen LogP contribution in [-0.2, 0) is 30.8 Å². The number of carbonyl (C=O) groups is 1. The standard InChI is InChI=1S/C23H28N4O/c24-23(28)10-13-27-17-20(21-7-3-4-8-22(21)27)15-25-11-14-26-12-9-18-5-1-2-6-19(18)16-26/h1-8,17,25H,9-16H2,(H2,24,28). The minimum atomic E-state index is -0.263. The molecule has 0 aliphatic carbocycles. The number of nitrogens with zero attached hydrogens (tertiary/aromatic N) is 2. The van der Waals surface area contributed by atoms with Crippen LogP contribution in [0.3, 0.4) is 0 Å².